The summed E-state index contributed by atoms with van der Waals surface area (Å²) in [6.45, 7) is 1.93. The van der Waals surface area contributed by atoms with E-state index >= 15 is 0 Å². The van der Waals surface area contributed by atoms with E-state index in [4.69, 9.17) is 27.9 Å². The second-order valence-corrected chi connectivity index (χ2v) is 5.20. The van der Waals surface area contributed by atoms with E-state index < -0.39 is 6.10 Å². The number of hydrogen-bond acceptors (Lipinski definition) is 2. The summed E-state index contributed by atoms with van der Waals surface area (Å²) in [5, 5.41) is 11.5. The molecule has 0 amide bonds. The van der Waals surface area contributed by atoms with Crippen LogP contribution in [0, 0.1) is 6.92 Å². The first kappa shape index (κ1) is 14.2. The summed E-state index contributed by atoms with van der Waals surface area (Å²) >= 11 is 12.2. The minimum Gasteiger partial charge on any atom is -0.497 e. The molecule has 0 aliphatic heterocycles. The van der Waals surface area contributed by atoms with Crippen LogP contribution >= 0.6 is 23.2 Å². The Balaban J connectivity index is 2.40. The van der Waals surface area contributed by atoms with Crippen molar-refractivity contribution in [2.45, 2.75) is 13.0 Å². The third-order valence-corrected chi connectivity index (χ3v) is 3.43. The van der Waals surface area contributed by atoms with Gasteiger partial charge in [-0.2, -0.15) is 0 Å². The molecule has 2 aromatic rings. The van der Waals surface area contributed by atoms with E-state index in [1.54, 1.807) is 31.4 Å². The zero-order chi connectivity index (χ0) is 14.0. The summed E-state index contributed by atoms with van der Waals surface area (Å²) in [5.41, 5.74) is 2.34. The SMILES string of the molecule is COc1ccc(C(O)c2cc(C)cc(Cl)c2)c(Cl)c1. The second-order valence-electron chi connectivity index (χ2n) is 4.35. The van der Waals surface area contributed by atoms with Gasteiger partial charge in [0.25, 0.3) is 0 Å². The number of benzene rings is 2. The van der Waals surface area contributed by atoms with Gasteiger partial charge in [0.15, 0.2) is 0 Å². The Bertz CT molecular complexity index is 576. The molecule has 19 heavy (non-hydrogen) atoms. The van der Waals surface area contributed by atoms with Crippen LogP contribution in [0.4, 0.5) is 0 Å². The van der Waals surface area contributed by atoms with Crippen LogP contribution in [0.25, 0.3) is 0 Å². The van der Waals surface area contributed by atoms with Gasteiger partial charge in [0.2, 0.25) is 0 Å². The van der Waals surface area contributed by atoms with Crippen molar-refractivity contribution in [1.82, 2.24) is 0 Å². The van der Waals surface area contributed by atoms with Crippen molar-refractivity contribution < 1.29 is 9.84 Å². The third kappa shape index (κ3) is 3.21. The highest BCUT2D eigenvalue weighted by atomic mass is 35.5. The van der Waals surface area contributed by atoms with Gasteiger partial charge in [-0.25, -0.2) is 0 Å². The monoisotopic (exact) mass is 296 g/mol. The van der Waals surface area contributed by atoms with Gasteiger partial charge in [0.05, 0.1) is 12.1 Å². The summed E-state index contributed by atoms with van der Waals surface area (Å²) in [6.07, 6.45) is -0.809. The van der Waals surface area contributed by atoms with Crippen molar-refractivity contribution in [1.29, 1.82) is 0 Å². The molecular weight excluding hydrogens is 283 g/mol. The van der Waals surface area contributed by atoms with E-state index in [0.29, 0.717) is 21.4 Å². The Kier molecular flexibility index (Phi) is 4.35. The van der Waals surface area contributed by atoms with Crippen LogP contribution in [0.3, 0.4) is 0 Å². The largest absolute Gasteiger partial charge is 0.497 e. The molecule has 100 valence electrons. The number of ether oxygens (including phenoxy) is 1. The molecule has 4 heteroatoms. The molecule has 1 atom stereocenters. The van der Waals surface area contributed by atoms with Gasteiger partial charge >= 0.3 is 0 Å². The van der Waals surface area contributed by atoms with Gasteiger partial charge in [-0.05, 0) is 42.3 Å². The van der Waals surface area contributed by atoms with Crippen LogP contribution in [0.5, 0.6) is 5.75 Å². The molecule has 1 N–H and O–H groups in total. The van der Waals surface area contributed by atoms with Crippen LogP contribution in [0.2, 0.25) is 10.0 Å². The quantitative estimate of drug-likeness (QED) is 0.910. The fourth-order valence-electron chi connectivity index (χ4n) is 1.96. The molecular formula is C15H14Cl2O2. The smallest absolute Gasteiger partial charge is 0.120 e. The molecule has 0 saturated carbocycles. The highest BCUT2D eigenvalue weighted by Gasteiger charge is 2.15. The lowest BCUT2D eigenvalue weighted by atomic mass is 10.00. The third-order valence-electron chi connectivity index (χ3n) is 2.88. The Morgan fingerprint density at radius 3 is 2.42 bits per heavy atom. The number of rotatable bonds is 3. The van der Waals surface area contributed by atoms with E-state index in [2.05, 4.69) is 0 Å². The van der Waals surface area contributed by atoms with E-state index in [0.717, 1.165) is 11.1 Å². The van der Waals surface area contributed by atoms with Crippen LogP contribution in [-0.4, -0.2) is 12.2 Å². The number of halogens is 2. The summed E-state index contributed by atoms with van der Waals surface area (Å²) in [7, 11) is 1.57. The average molecular weight is 297 g/mol. The summed E-state index contributed by atoms with van der Waals surface area (Å²) < 4.78 is 5.09. The second kappa shape index (κ2) is 5.83. The number of aliphatic hydroxyl groups excluding tert-OH is 1. The van der Waals surface area contributed by atoms with Gasteiger partial charge in [0.1, 0.15) is 11.9 Å². The maximum absolute atomic E-state index is 10.4. The van der Waals surface area contributed by atoms with Crippen molar-refractivity contribution >= 4 is 23.2 Å². The minimum absolute atomic E-state index is 0.462. The molecule has 0 aliphatic carbocycles. The molecule has 2 aromatic carbocycles. The summed E-state index contributed by atoms with van der Waals surface area (Å²) in [4.78, 5) is 0. The van der Waals surface area contributed by atoms with Crippen molar-refractivity contribution in [3.63, 3.8) is 0 Å². The molecule has 0 radical (unpaired) electrons. The standard InChI is InChI=1S/C15H14Cl2O2/c1-9-5-10(7-11(16)6-9)15(18)13-4-3-12(19-2)8-14(13)17/h3-8,15,18H,1-2H3. The van der Waals surface area contributed by atoms with Gasteiger partial charge in [0, 0.05) is 10.6 Å². The van der Waals surface area contributed by atoms with Gasteiger partial charge in [-0.3, -0.25) is 0 Å². The molecule has 0 heterocycles. The molecule has 2 rings (SSSR count). The maximum atomic E-state index is 10.4. The zero-order valence-electron chi connectivity index (χ0n) is 10.7. The van der Waals surface area contributed by atoms with Crippen LogP contribution in [0.15, 0.2) is 36.4 Å². The van der Waals surface area contributed by atoms with E-state index in [1.165, 1.54) is 0 Å². The predicted octanol–water partition coefficient (Wildman–Crippen LogP) is 4.39. The highest BCUT2D eigenvalue weighted by Crippen LogP contribution is 2.32. The van der Waals surface area contributed by atoms with E-state index in [9.17, 15) is 5.11 Å². The van der Waals surface area contributed by atoms with Crippen molar-refractivity contribution in [2.75, 3.05) is 7.11 Å². The van der Waals surface area contributed by atoms with E-state index in [1.807, 2.05) is 19.1 Å². The van der Waals surface area contributed by atoms with Gasteiger partial charge in [-0.15, -0.1) is 0 Å². The molecule has 2 nitrogen and oxygen atoms in total. The fourth-order valence-corrected chi connectivity index (χ4v) is 2.53. The topological polar surface area (TPSA) is 29.5 Å². The lowest BCUT2D eigenvalue weighted by molar-refractivity contribution is 0.220. The van der Waals surface area contributed by atoms with Crippen molar-refractivity contribution in [3.8, 4) is 5.75 Å². The first-order valence-corrected chi connectivity index (χ1v) is 6.55. The average Bonchev–Trinajstić information content (AvgIpc) is 2.36. The van der Waals surface area contributed by atoms with Gasteiger partial charge < -0.3 is 9.84 Å². The van der Waals surface area contributed by atoms with Crippen molar-refractivity contribution in [2.24, 2.45) is 0 Å². The summed E-state index contributed by atoms with van der Waals surface area (Å²) in [6, 6.07) is 10.7. The van der Waals surface area contributed by atoms with Gasteiger partial charge in [-0.1, -0.05) is 35.3 Å². The molecule has 1 unspecified atom stereocenters. The molecule has 0 aromatic heterocycles. The summed E-state index contributed by atoms with van der Waals surface area (Å²) in [5.74, 6) is 0.656. The minimum atomic E-state index is -0.809. The number of aliphatic hydroxyl groups is 1. The Morgan fingerprint density at radius 1 is 1.11 bits per heavy atom. The molecule has 0 bridgehead atoms. The lowest BCUT2D eigenvalue weighted by Crippen LogP contribution is -2.01. The predicted molar refractivity (Wildman–Crippen MR) is 78.3 cm³/mol. The first-order valence-electron chi connectivity index (χ1n) is 5.80. The molecule has 0 aliphatic rings. The van der Waals surface area contributed by atoms with E-state index in [-0.39, 0.29) is 0 Å². The fraction of sp³-hybridized carbons (Fsp3) is 0.200. The van der Waals surface area contributed by atoms with Crippen molar-refractivity contribution in [3.05, 3.63) is 63.1 Å². The number of hydrogen-bond donors (Lipinski definition) is 1. The Morgan fingerprint density at radius 2 is 1.84 bits per heavy atom. The lowest BCUT2D eigenvalue weighted by Gasteiger charge is -2.15. The van der Waals surface area contributed by atoms with Crippen LogP contribution < -0.4 is 4.74 Å². The Labute approximate surface area is 122 Å². The maximum Gasteiger partial charge on any atom is 0.120 e. The zero-order valence-corrected chi connectivity index (χ0v) is 12.2. The first-order chi connectivity index (χ1) is 9.01. The molecule has 0 fully saturated rings. The number of aryl methyl sites for hydroxylation is 1. The highest BCUT2D eigenvalue weighted by molar-refractivity contribution is 6.31. The molecule has 0 saturated heterocycles. The Hall–Kier alpha value is -1.22. The van der Waals surface area contributed by atoms with Crippen LogP contribution in [0.1, 0.15) is 22.8 Å². The number of methoxy groups -OCH3 is 1. The van der Waals surface area contributed by atoms with Crippen LogP contribution in [-0.2, 0) is 0 Å². The molecule has 0 spiro atoms. The normalized spacial score (nSPS) is 12.3.